The maximum absolute atomic E-state index is 12.8. The van der Waals surface area contributed by atoms with E-state index >= 15 is 0 Å². The maximum Gasteiger partial charge on any atom is 0.272 e. The lowest BCUT2D eigenvalue weighted by Gasteiger charge is -2.41. The van der Waals surface area contributed by atoms with Gasteiger partial charge in [-0.1, -0.05) is 0 Å². The molecule has 6 heteroatoms. The van der Waals surface area contributed by atoms with Crippen molar-refractivity contribution in [3.63, 3.8) is 0 Å². The topological polar surface area (TPSA) is 62.3 Å². The van der Waals surface area contributed by atoms with Crippen LogP contribution in [0.3, 0.4) is 0 Å². The summed E-state index contributed by atoms with van der Waals surface area (Å²) >= 11 is 0. The van der Waals surface area contributed by atoms with E-state index in [-0.39, 0.29) is 23.6 Å². The second-order valence-corrected chi connectivity index (χ2v) is 5.37. The Morgan fingerprint density at radius 1 is 1.40 bits per heavy atom. The lowest BCUT2D eigenvalue weighted by atomic mass is 9.85. The van der Waals surface area contributed by atoms with Gasteiger partial charge < -0.3 is 10.2 Å². The number of hydrogen-bond acceptors (Lipinski definition) is 3. The van der Waals surface area contributed by atoms with Crippen molar-refractivity contribution in [2.45, 2.75) is 25.3 Å². The van der Waals surface area contributed by atoms with Gasteiger partial charge in [-0.2, -0.15) is 0 Å². The van der Waals surface area contributed by atoms with Gasteiger partial charge in [0.2, 0.25) is 5.91 Å². The molecule has 0 saturated carbocycles. The molecule has 3 rings (SSSR count). The molecule has 20 heavy (non-hydrogen) atoms. The number of hydrogen-bond donors (Lipinski definition) is 1. The summed E-state index contributed by atoms with van der Waals surface area (Å²) in [6.45, 7) is 1.22. The zero-order chi connectivity index (χ0) is 14.1. The fourth-order valence-corrected chi connectivity index (χ4v) is 2.96. The third kappa shape index (κ3) is 2.50. The van der Waals surface area contributed by atoms with Crippen LogP contribution < -0.4 is 5.32 Å². The van der Waals surface area contributed by atoms with Crippen LogP contribution in [0.15, 0.2) is 18.3 Å². The molecule has 0 bridgehead atoms. The van der Waals surface area contributed by atoms with Crippen molar-refractivity contribution in [1.82, 2.24) is 15.2 Å². The first-order chi connectivity index (χ1) is 9.63. The first-order valence-electron chi connectivity index (χ1n) is 6.83. The van der Waals surface area contributed by atoms with Crippen molar-refractivity contribution in [3.8, 4) is 0 Å². The van der Waals surface area contributed by atoms with E-state index in [0.717, 1.165) is 19.0 Å². The van der Waals surface area contributed by atoms with Gasteiger partial charge in [0.05, 0.1) is 6.20 Å². The summed E-state index contributed by atoms with van der Waals surface area (Å²) in [5.41, 5.74) is 0.268. The molecule has 3 heterocycles. The summed E-state index contributed by atoms with van der Waals surface area (Å²) in [5.74, 6) is -0.201. The highest BCUT2D eigenvalue weighted by Crippen LogP contribution is 2.26. The predicted molar refractivity (Wildman–Crippen MR) is 69.4 cm³/mol. The Hall–Kier alpha value is -1.98. The van der Waals surface area contributed by atoms with Crippen molar-refractivity contribution in [2.75, 3.05) is 13.1 Å². The van der Waals surface area contributed by atoms with E-state index in [4.69, 9.17) is 0 Å². The van der Waals surface area contributed by atoms with Crippen LogP contribution in [0.2, 0.25) is 0 Å². The normalized spacial score (nSPS) is 25.9. The van der Waals surface area contributed by atoms with E-state index in [1.165, 1.54) is 12.1 Å². The summed E-state index contributed by atoms with van der Waals surface area (Å²) in [4.78, 5) is 29.2. The lowest BCUT2D eigenvalue weighted by Crippen LogP contribution is -2.55. The lowest BCUT2D eigenvalue weighted by molar-refractivity contribution is -0.125. The molecule has 0 radical (unpaired) electrons. The number of nitrogens with zero attached hydrogens (tertiary/aromatic N) is 2. The highest BCUT2D eigenvalue weighted by atomic mass is 19.1. The highest BCUT2D eigenvalue weighted by Gasteiger charge is 2.35. The zero-order valence-corrected chi connectivity index (χ0v) is 11.0. The smallest absolute Gasteiger partial charge is 0.272 e. The molecule has 2 fully saturated rings. The van der Waals surface area contributed by atoms with Crippen molar-refractivity contribution in [3.05, 3.63) is 29.8 Å². The molecule has 1 N–H and O–H groups in total. The number of piperidine rings is 2. The van der Waals surface area contributed by atoms with Crippen molar-refractivity contribution >= 4 is 11.8 Å². The number of amides is 2. The molecule has 2 aliphatic rings. The van der Waals surface area contributed by atoms with E-state index < -0.39 is 5.82 Å². The van der Waals surface area contributed by atoms with Gasteiger partial charge in [0, 0.05) is 25.6 Å². The minimum atomic E-state index is -0.449. The highest BCUT2D eigenvalue weighted by molar-refractivity contribution is 5.92. The summed E-state index contributed by atoms with van der Waals surface area (Å²) < 4.78 is 12.8. The quantitative estimate of drug-likeness (QED) is 0.831. The fourth-order valence-electron chi connectivity index (χ4n) is 2.96. The zero-order valence-electron chi connectivity index (χ0n) is 11.0. The van der Waals surface area contributed by atoms with Crippen molar-refractivity contribution < 1.29 is 14.0 Å². The van der Waals surface area contributed by atoms with E-state index in [2.05, 4.69) is 10.3 Å². The molecule has 0 aliphatic carbocycles. The van der Waals surface area contributed by atoms with Gasteiger partial charge in [-0.05, 0) is 30.9 Å². The molecule has 0 aromatic carbocycles. The van der Waals surface area contributed by atoms with Crippen LogP contribution in [0.4, 0.5) is 4.39 Å². The van der Waals surface area contributed by atoms with Gasteiger partial charge in [-0.25, -0.2) is 9.37 Å². The second kappa shape index (κ2) is 5.19. The number of pyridine rings is 1. The van der Waals surface area contributed by atoms with Gasteiger partial charge in [-0.3, -0.25) is 9.59 Å². The fraction of sp³-hybridized carbons (Fsp3) is 0.500. The van der Waals surface area contributed by atoms with Crippen molar-refractivity contribution in [2.24, 2.45) is 5.92 Å². The Labute approximate surface area is 116 Å². The Morgan fingerprint density at radius 3 is 3.00 bits per heavy atom. The number of fused-ring (bicyclic) bond motifs is 1. The van der Waals surface area contributed by atoms with Gasteiger partial charge in [-0.15, -0.1) is 0 Å². The predicted octanol–water partition coefficient (Wildman–Crippen LogP) is 0.961. The van der Waals surface area contributed by atoms with Crippen LogP contribution in [-0.2, 0) is 4.79 Å². The third-order valence-electron chi connectivity index (χ3n) is 4.06. The molecule has 2 amide bonds. The SMILES string of the molecule is O=C1CCC2CN(C(=O)c3ccc(F)cn3)CCC2N1. The van der Waals surface area contributed by atoms with Crippen LogP contribution in [0.25, 0.3) is 0 Å². The molecule has 0 spiro atoms. The largest absolute Gasteiger partial charge is 0.353 e. The van der Waals surface area contributed by atoms with Gasteiger partial charge in [0.1, 0.15) is 11.5 Å². The average molecular weight is 277 g/mol. The number of carbonyl (C=O) groups excluding carboxylic acids is 2. The summed E-state index contributed by atoms with van der Waals surface area (Å²) in [6.07, 6.45) is 3.17. The number of aromatic nitrogens is 1. The van der Waals surface area contributed by atoms with Crippen LogP contribution in [0.1, 0.15) is 29.8 Å². The molecular formula is C14H16FN3O2. The molecule has 2 atom stereocenters. The van der Waals surface area contributed by atoms with E-state index in [1.807, 2.05) is 0 Å². The minimum absolute atomic E-state index is 0.103. The first kappa shape index (κ1) is 13.0. The summed E-state index contributed by atoms with van der Waals surface area (Å²) in [5, 5.41) is 2.98. The van der Waals surface area contributed by atoms with E-state index in [0.29, 0.717) is 25.4 Å². The number of likely N-dealkylation sites (tertiary alicyclic amines) is 1. The number of halogens is 1. The monoisotopic (exact) mass is 277 g/mol. The summed E-state index contributed by atoms with van der Waals surface area (Å²) in [6, 6.07) is 2.83. The van der Waals surface area contributed by atoms with Gasteiger partial charge >= 0.3 is 0 Å². The van der Waals surface area contributed by atoms with Crippen LogP contribution in [-0.4, -0.2) is 40.8 Å². The molecule has 2 aliphatic heterocycles. The number of carbonyl (C=O) groups is 2. The van der Waals surface area contributed by atoms with Crippen molar-refractivity contribution in [1.29, 1.82) is 0 Å². The van der Waals surface area contributed by atoms with Crippen LogP contribution in [0.5, 0.6) is 0 Å². The number of nitrogens with one attached hydrogen (secondary N) is 1. The second-order valence-electron chi connectivity index (χ2n) is 5.37. The third-order valence-corrected chi connectivity index (χ3v) is 4.06. The first-order valence-corrected chi connectivity index (χ1v) is 6.83. The Balaban J connectivity index is 1.68. The Morgan fingerprint density at radius 2 is 2.25 bits per heavy atom. The molecule has 2 unspecified atom stereocenters. The average Bonchev–Trinajstić information content (AvgIpc) is 2.47. The minimum Gasteiger partial charge on any atom is -0.353 e. The molecule has 5 nitrogen and oxygen atoms in total. The Kier molecular flexibility index (Phi) is 3.38. The standard InChI is InChI=1S/C14H16FN3O2/c15-10-2-3-12(16-7-10)14(20)18-6-5-11-9(8-18)1-4-13(19)17-11/h2-3,7,9,11H,1,4-6,8H2,(H,17,19). The summed E-state index contributed by atoms with van der Waals surface area (Å²) in [7, 11) is 0. The maximum atomic E-state index is 12.8. The molecule has 1 aromatic heterocycles. The van der Waals surface area contributed by atoms with Gasteiger partial charge in [0.25, 0.3) is 5.91 Å². The van der Waals surface area contributed by atoms with Crippen LogP contribution in [0, 0.1) is 11.7 Å². The van der Waals surface area contributed by atoms with E-state index in [1.54, 1.807) is 4.90 Å². The molecule has 2 saturated heterocycles. The number of rotatable bonds is 1. The molecular weight excluding hydrogens is 261 g/mol. The van der Waals surface area contributed by atoms with E-state index in [9.17, 15) is 14.0 Å². The molecule has 106 valence electrons. The Bertz CT molecular complexity index is 532. The molecule has 1 aromatic rings. The van der Waals surface area contributed by atoms with Crippen LogP contribution >= 0.6 is 0 Å². The van der Waals surface area contributed by atoms with Gasteiger partial charge in [0.15, 0.2) is 0 Å².